The average Bonchev–Trinajstić information content (AvgIpc) is 0.873. The molecule has 0 aliphatic carbocycles. The lowest BCUT2D eigenvalue weighted by Crippen LogP contribution is -2.68. The Morgan fingerprint density at radius 2 is 0.891 bits per heavy atom. The molecule has 26 nitrogen and oxygen atoms in total. The van der Waals surface area contributed by atoms with E-state index in [-0.39, 0.29) is 26.3 Å². The topological polar surface area (TPSA) is 408 Å². The first kappa shape index (κ1) is 72.5. The number of nitrogens with one attached hydrogen (secondary N) is 6. The number of rotatable bonds is 34. The molecule has 4 heterocycles. The summed E-state index contributed by atoms with van der Waals surface area (Å²) in [5.74, 6) is -9.55. The zero-order valence-corrected chi connectivity index (χ0v) is 53.4. The van der Waals surface area contributed by atoms with E-state index in [2.05, 4.69) is 31.9 Å². The number of hydrogen-bond acceptors (Lipinski definition) is 22. The number of carboxylic acids is 2. The van der Waals surface area contributed by atoms with Crippen molar-refractivity contribution in [2.24, 2.45) is 0 Å². The van der Waals surface area contributed by atoms with Crippen molar-refractivity contribution in [3.63, 3.8) is 0 Å². The second-order valence-corrected chi connectivity index (χ2v) is 26.2. The maximum atomic E-state index is 13.0. The zero-order valence-electron chi connectivity index (χ0n) is 50.2. The van der Waals surface area contributed by atoms with Gasteiger partial charge in [0, 0.05) is 85.3 Å². The fourth-order valence-electron chi connectivity index (χ4n) is 10.0. The Labute approximate surface area is 546 Å². The molecule has 2 aliphatic rings. The summed E-state index contributed by atoms with van der Waals surface area (Å²) in [5, 5.41) is 103. The number of hydrogen-bond donors (Lipinski definition) is 14. The van der Waals surface area contributed by atoms with Crippen LogP contribution >= 0.6 is 46.2 Å². The van der Waals surface area contributed by atoms with Gasteiger partial charge in [0.05, 0.1) is 59.5 Å². The SMILES string of the molecule is CC(=O)N[C@@H]1[C@@H](O)C[C@](OCCCSCCNC(=O)c2ccc(C(=O)NCCSCCCO[C@]3(C(=O)O)C[C@H](O)[C@@H](NC(C)=O)[C@H](C(O)[C@H](O)CNC(=O)c4ccc(-c5ccccc5)s4)O3)cc2)(C(=O)O)O[C@H]1C(O)[C@H](O)CNC(=O)c1ccc(-c2ccccc2)s1. The molecule has 2 fully saturated rings. The highest BCUT2D eigenvalue weighted by Crippen LogP contribution is 2.36. The number of aliphatic hydroxyl groups excluding tert-OH is 6. The van der Waals surface area contributed by atoms with Crippen LogP contribution in [0.2, 0.25) is 0 Å². The van der Waals surface area contributed by atoms with Gasteiger partial charge in [-0.25, -0.2) is 9.59 Å². The van der Waals surface area contributed by atoms with Gasteiger partial charge < -0.3 is 91.7 Å². The van der Waals surface area contributed by atoms with Gasteiger partial charge in [-0.3, -0.25) is 28.8 Å². The van der Waals surface area contributed by atoms with Crippen LogP contribution in [0.3, 0.4) is 0 Å². The van der Waals surface area contributed by atoms with Crippen molar-refractivity contribution in [3.8, 4) is 20.9 Å². The number of aliphatic hydroxyl groups is 6. The molecule has 3 aromatic carbocycles. The van der Waals surface area contributed by atoms with Crippen LogP contribution in [0.5, 0.6) is 0 Å². The Kier molecular flexibility index (Phi) is 27.5. The van der Waals surface area contributed by atoms with Gasteiger partial charge >= 0.3 is 11.9 Å². The minimum absolute atomic E-state index is 0.181. The Morgan fingerprint density at radius 3 is 1.24 bits per heavy atom. The zero-order chi connectivity index (χ0) is 66.5. The highest BCUT2D eigenvalue weighted by molar-refractivity contribution is 7.99. The van der Waals surface area contributed by atoms with Gasteiger partial charge in [0.25, 0.3) is 35.2 Å². The third kappa shape index (κ3) is 20.1. The van der Waals surface area contributed by atoms with Crippen molar-refractivity contribution in [2.45, 2.75) is 112 Å². The summed E-state index contributed by atoms with van der Waals surface area (Å²) in [6, 6.07) is 28.8. The predicted molar refractivity (Wildman–Crippen MR) is 342 cm³/mol. The summed E-state index contributed by atoms with van der Waals surface area (Å²) in [6.07, 6.45) is -14.6. The normalized spacial score (nSPS) is 22.6. The molecular formula is C62H76N6O20S4. The molecule has 7 rings (SSSR count). The van der Waals surface area contributed by atoms with Gasteiger partial charge in [-0.05, 0) is 84.0 Å². The summed E-state index contributed by atoms with van der Waals surface area (Å²) < 4.78 is 23.2. The summed E-state index contributed by atoms with van der Waals surface area (Å²) >= 11 is 5.28. The summed E-state index contributed by atoms with van der Waals surface area (Å²) in [4.78, 5) is 104. The second kappa shape index (κ2) is 34.9. The molecule has 498 valence electrons. The van der Waals surface area contributed by atoms with Crippen molar-refractivity contribution in [1.82, 2.24) is 31.9 Å². The first-order valence-corrected chi connectivity index (χ1v) is 33.4. The monoisotopic (exact) mass is 1350 g/mol. The summed E-state index contributed by atoms with van der Waals surface area (Å²) in [6.45, 7) is 1.46. The van der Waals surface area contributed by atoms with E-state index >= 15 is 0 Å². The third-order valence-electron chi connectivity index (χ3n) is 14.7. The molecular weight excluding hydrogens is 1280 g/mol. The molecule has 0 radical (unpaired) electrons. The smallest absolute Gasteiger partial charge is 0.364 e. The lowest BCUT2D eigenvalue weighted by Gasteiger charge is -2.46. The quantitative estimate of drug-likeness (QED) is 0.0262. The van der Waals surface area contributed by atoms with E-state index in [4.69, 9.17) is 18.9 Å². The van der Waals surface area contributed by atoms with Crippen molar-refractivity contribution < 1.29 is 98.2 Å². The van der Waals surface area contributed by atoms with Gasteiger partial charge in [-0.15, -0.1) is 22.7 Å². The van der Waals surface area contributed by atoms with E-state index in [0.717, 1.165) is 34.7 Å². The number of thioether (sulfide) groups is 2. The fourth-order valence-corrected chi connectivity index (χ4v) is 13.4. The van der Waals surface area contributed by atoms with E-state index in [1.165, 1.54) is 70.5 Å². The Morgan fingerprint density at radius 1 is 0.522 bits per heavy atom. The first-order valence-electron chi connectivity index (χ1n) is 29.4. The molecule has 2 saturated heterocycles. The minimum atomic E-state index is -2.49. The van der Waals surface area contributed by atoms with Crippen LogP contribution in [0, 0.1) is 0 Å². The van der Waals surface area contributed by atoms with E-state index in [9.17, 15) is 79.2 Å². The molecule has 6 amide bonds. The number of aliphatic carboxylic acids is 2. The number of amides is 6. The molecule has 92 heavy (non-hydrogen) atoms. The van der Waals surface area contributed by atoms with Crippen molar-refractivity contribution in [1.29, 1.82) is 0 Å². The molecule has 2 unspecified atom stereocenters. The highest BCUT2D eigenvalue weighted by Gasteiger charge is 2.57. The molecule has 12 atom stereocenters. The largest absolute Gasteiger partial charge is 0.477 e. The van der Waals surface area contributed by atoms with Gasteiger partial charge in [0.1, 0.15) is 24.4 Å². The van der Waals surface area contributed by atoms with Crippen LogP contribution in [0.4, 0.5) is 0 Å². The second-order valence-electron chi connectivity index (χ2n) is 21.6. The Bertz CT molecular complexity index is 3060. The van der Waals surface area contributed by atoms with E-state index in [1.807, 2.05) is 60.7 Å². The number of carboxylic acid groups (broad SMARTS) is 2. The molecule has 2 aromatic heterocycles. The van der Waals surface area contributed by atoms with Crippen LogP contribution in [0.25, 0.3) is 20.9 Å². The average molecular weight is 1350 g/mol. The lowest BCUT2D eigenvalue weighted by atomic mass is 9.88. The lowest BCUT2D eigenvalue weighted by molar-refractivity contribution is -0.310. The van der Waals surface area contributed by atoms with Gasteiger partial charge in [-0.2, -0.15) is 23.5 Å². The van der Waals surface area contributed by atoms with Crippen molar-refractivity contribution in [2.75, 3.05) is 62.4 Å². The van der Waals surface area contributed by atoms with Gasteiger partial charge in [0.2, 0.25) is 11.8 Å². The maximum Gasteiger partial charge on any atom is 0.364 e. The number of carbonyl (C=O) groups excluding carboxylic acids is 6. The number of thiophene rings is 2. The van der Waals surface area contributed by atoms with Gasteiger partial charge in [0.15, 0.2) is 0 Å². The molecule has 14 N–H and O–H groups in total. The Balaban J connectivity index is 0.773. The maximum absolute atomic E-state index is 13.0. The Hall–Kier alpha value is -6.88. The predicted octanol–water partition coefficient (Wildman–Crippen LogP) is 2.06. The molecule has 5 aromatic rings. The van der Waals surface area contributed by atoms with Crippen molar-refractivity contribution in [3.05, 3.63) is 130 Å². The van der Waals surface area contributed by atoms with Crippen LogP contribution in [0.15, 0.2) is 109 Å². The highest BCUT2D eigenvalue weighted by atomic mass is 32.2. The number of carbonyl (C=O) groups is 8. The minimum Gasteiger partial charge on any atom is -0.477 e. The summed E-state index contributed by atoms with van der Waals surface area (Å²) in [7, 11) is 0. The van der Waals surface area contributed by atoms with Crippen molar-refractivity contribution >= 4 is 93.6 Å². The van der Waals surface area contributed by atoms with Crippen LogP contribution in [0.1, 0.15) is 79.6 Å². The van der Waals surface area contributed by atoms with Crippen LogP contribution in [-0.2, 0) is 38.1 Å². The van der Waals surface area contributed by atoms with Crippen LogP contribution < -0.4 is 31.9 Å². The first-order chi connectivity index (χ1) is 44.0. The van der Waals surface area contributed by atoms with E-state index in [1.54, 1.807) is 24.3 Å². The molecule has 2 aliphatic heterocycles. The van der Waals surface area contributed by atoms with E-state index in [0.29, 0.717) is 56.7 Å². The summed E-state index contributed by atoms with van der Waals surface area (Å²) in [5.41, 5.74) is 2.40. The van der Waals surface area contributed by atoms with E-state index < -0.39 is 146 Å². The number of ether oxygens (including phenoxy) is 4. The number of benzene rings is 3. The molecule has 0 bridgehead atoms. The van der Waals surface area contributed by atoms with Gasteiger partial charge in [-0.1, -0.05) is 60.7 Å². The molecule has 30 heteroatoms. The fraction of sp³-hybridized carbons (Fsp3) is 0.452. The van der Waals surface area contributed by atoms with Crippen LogP contribution in [-0.4, -0.2) is 223 Å². The molecule has 0 saturated carbocycles. The molecule has 0 spiro atoms. The standard InChI is InChI=1S/C62H76N6O20S4/c1-35(69)67-49-41(71)31-61(59(81)82,87-53(49)51(75)43(73)33-65-57(79)47-21-19-45(91-47)37-11-5-3-6-12-37)85-25-9-27-89-29-23-63-55(77)39-15-17-40(18-16-39)56(78)64-24-30-90-28-10-26-86-62(60(83)84)32-42(72)50(68-36(2)70)54(88-62)52(76)44(74)34-66-58(80)48-22-20-46(92-48)38-13-7-4-8-14-38/h3-8,11-22,41-44,49-54,71-76H,9-10,23-34H2,1-2H3,(H,63,77)(H,64,78)(H,65,79)(H,66,80)(H,67,69)(H,68,70)(H,81,82)(H,83,84)/t41-,42-,43+,44+,49+,50+,51?,52?,53+,54+,61+,62+/m0/s1. The third-order valence-corrected chi connectivity index (χ3v) is 19.1.